The first kappa shape index (κ1) is 19.2. The normalized spacial score (nSPS) is 13.0. The maximum Gasteiger partial charge on any atom is 0.421 e. The number of carbonyl (C=O) groups is 1. The fraction of sp³-hybridized carbons (Fsp3) is 0.375. The van der Waals surface area contributed by atoms with E-state index in [1.165, 1.54) is 6.20 Å². The van der Waals surface area contributed by atoms with E-state index in [9.17, 15) is 22.8 Å². The van der Waals surface area contributed by atoms with Gasteiger partial charge in [-0.25, -0.2) is 0 Å². The summed E-state index contributed by atoms with van der Waals surface area (Å²) in [5.41, 5.74) is -2.51. The third-order valence-electron chi connectivity index (χ3n) is 3.63. The second kappa shape index (κ2) is 7.83. The topological polar surface area (TPSA) is 54.3 Å². The summed E-state index contributed by atoms with van der Waals surface area (Å²) in [5.74, 6) is -0.523. The lowest BCUT2D eigenvalue weighted by Gasteiger charge is -2.23. The van der Waals surface area contributed by atoms with E-state index in [-0.39, 0.29) is 6.04 Å². The van der Waals surface area contributed by atoms with E-state index < -0.39 is 29.8 Å². The van der Waals surface area contributed by atoms with E-state index in [1.54, 1.807) is 11.3 Å². The Labute approximate surface area is 146 Å². The van der Waals surface area contributed by atoms with E-state index in [0.29, 0.717) is 12.6 Å². The molecule has 1 atom stereocenters. The van der Waals surface area contributed by atoms with Gasteiger partial charge in [0.15, 0.2) is 0 Å². The van der Waals surface area contributed by atoms with Crippen molar-refractivity contribution in [1.82, 2.24) is 14.8 Å². The molecule has 1 amide bonds. The average Bonchev–Trinajstić information content (AvgIpc) is 3.02. The summed E-state index contributed by atoms with van der Waals surface area (Å²) in [7, 11) is 3.74. The number of carbonyl (C=O) groups excluding carboxylic acids is 1. The van der Waals surface area contributed by atoms with Gasteiger partial charge < -0.3 is 14.8 Å². The Hall–Kier alpha value is -2.13. The van der Waals surface area contributed by atoms with Gasteiger partial charge in [-0.3, -0.25) is 9.59 Å². The zero-order chi connectivity index (χ0) is 18.6. The number of alkyl halides is 3. The Morgan fingerprint density at radius 3 is 2.60 bits per heavy atom. The highest BCUT2D eigenvalue weighted by Crippen LogP contribution is 2.26. The minimum atomic E-state index is -4.74. The van der Waals surface area contributed by atoms with Gasteiger partial charge in [0, 0.05) is 17.6 Å². The van der Waals surface area contributed by atoms with Crippen LogP contribution in [0.5, 0.6) is 0 Å². The van der Waals surface area contributed by atoms with Crippen LogP contribution in [0.3, 0.4) is 0 Å². The molecule has 0 saturated carbocycles. The quantitative estimate of drug-likeness (QED) is 0.846. The van der Waals surface area contributed by atoms with E-state index >= 15 is 0 Å². The van der Waals surface area contributed by atoms with Crippen LogP contribution < -0.4 is 10.9 Å². The van der Waals surface area contributed by atoms with Gasteiger partial charge in [-0.15, -0.1) is 11.3 Å². The Morgan fingerprint density at radius 2 is 2.04 bits per heavy atom. The smallest absolute Gasteiger partial charge is 0.353 e. The van der Waals surface area contributed by atoms with Crippen molar-refractivity contribution in [3.05, 3.63) is 56.6 Å². The maximum absolute atomic E-state index is 12.7. The van der Waals surface area contributed by atoms with E-state index in [2.05, 4.69) is 5.32 Å². The highest BCUT2D eigenvalue weighted by Gasteiger charge is 2.34. The number of aromatic nitrogens is 1. The number of thiophene rings is 1. The largest absolute Gasteiger partial charge is 0.421 e. The number of nitrogens with zero attached hydrogens (tertiary/aromatic N) is 2. The lowest BCUT2D eigenvalue weighted by Crippen LogP contribution is -2.38. The molecule has 5 nitrogen and oxygen atoms in total. The number of rotatable bonds is 6. The molecule has 1 N–H and O–H groups in total. The van der Waals surface area contributed by atoms with Gasteiger partial charge in [-0.05, 0) is 37.7 Å². The highest BCUT2D eigenvalue weighted by atomic mass is 32.1. The summed E-state index contributed by atoms with van der Waals surface area (Å²) in [6.45, 7) is -0.173. The van der Waals surface area contributed by atoms with Crippen LogP contribution in [0.2, 0.25) is 0 Å². The van der Waals surface area contributed by atoms with Gasteiger partial charge in [0.1, 0.15) is 12.1 Å². The van der Waals surface area contributed by atoms with E-state index in [1.807, 2.05) is 36.5 Å². The number of hydrogen-bond donors (Lipinski definition) is 1. The molecule has 2 heterocycles. The van der Waals surface area contributed by atoms with Crippen molar-refractivity contribution >= 4 is 17.2 Å². The predicted molar refractivity (Wildman–Crippen MR) is 89.5 cm³/mol. The van der Waals surface area contributed by atoms with Crippen LogP contribution >= 0.6 is 11.3 Å². The van der Waals surface area contributed by atoms with Crippen LogP contribution in [0.15, 0.2) is 40.6 Å². The van der Waals surface area contributed by atoms with Crippen molar-refractivity contribution in [3.8, 4) is 0 Å². The standard InChI is InChI=1S/C16H18F3N3O2S/c1-21(2)12(13-6-4-8-25-13)9-20-14(23)10-22-7-3-5-11(15(22)24)16(17,18)19/h3-8,12H,9-10H2,1-2H3,(H,20,23). The summed E-state index contributed by atoms with van der Waals surface area (Å²) in [5, 5.41) is 4.60. The summed E-state index contributed by atoms with van der Waals surface area (Å²) in [6.07, 6.45) is -3.58. The third-order valence-corrected chi connectivity index (χ3v) is 4.60. The lowest BCUT2D eigenvalue weighted by atomic mass is 10.2. The predicted octanol–water partition coefficient (Wildman–Crippen LogP) is 2.35. The molecule has 0 aliphatic heterocycles. The van der Waals surface area contributed by atoms with Crippen LogP contribution in [0.25, 0.3) is 0 Å². The van der Waals surface area contributed by atoms with Crippen molar-refractivity contribution in [2.24, 2.45) is 0 Å². The van der Waals surface area contributed by atoms with Gasteiger partial charge in [0.25, 0.3) is 5.56 Å². The van der Waals surface area contributed by atoms with Crippen molar-refractivity contribution < 1.29 is 18.0 Å². The first-order chi connectivity index (χ1) is 11.7. The summed E-state index contributed by atoms with van der Waals surface area (Å²) in [4.78, 5) is 26.9. The summed E-state index contributed by atoms with van der Waals surface area (Å²) in [6, 6.07) is 5.60. The lowest BCUT2D eigenvalue weighted by molar-refractivity contribution is -0.139. The molecular formula is C16H18F3N3O2S. The minimum absolute atomic E-state index is 0.0535. The molecule has 0 fully saturated rings. The maximum atomic E-state index is 12.7. The molecule has 0 aromatic carbocycles. The number of amides is 1. The SMILES string of the molecule is CN(C)C(CNC(=O)Cn1cccc(C(F)(F)F)c1=O)c1cccs1. The molecule has 0 aliphatic rings. The molecular weight excluding hydrogens is 355 g/mol. The van der Waals surface area contributed by atoms with Gasteiger partial charge in [0.05, 0.1) is 6.04 Å². The Balaban J connectivity index is 2.05. The van der Waals surface area contributed by atoms with Crippen molar-refractivity contribution in [2.45, 2.75) is 18.8 Å². The van der Waals surface area contributed by atoms with E-state index in [4.69, 9.17) is 0 Å². The molecule has 25 heavy (non-hydrogen) atoms. The Kier molecular flexibility index (Phi) is 6.02. The van der Waals surface area contributed by atoms with E-state index in [0.717, 1.165) is 15.5 Å². The fourth-order valence-corrected chi connectivity index (χ4v) is 3.24. The Bertz CT molecular complexity index is 770. The molecule has 9 heteroatoms. The summed E-state index contributed by atoms with van der Waals surface area (Å²) < 4.78 is 39.0. The molecule has 0 bridgehead atoms. The molecule has 2 aromatic heterocycles. The van der Waals surface area contributed by atoms with Crippen molar-refractivity contribution in [2.75, 3.05) is 20.6 Å². The number of nitrogens with one attached hydrogen (secondary N) is 1. The Morgan fingerprint density at radius 1 is 1.32 bits per heavy atom. The molecule has 0 spiro atoms. The highest BCUT2D eigenvalue weighted by molar-refractivity contribution is 7.10. The second-order valence-electron chi connectivity index (χ2n) is 5.65. The molecule has 0 aliphatic carbocycles. The molecule has 2 rings (SSSR count). The molecule has 1 unspecified atom stereocenters. The molecule has 0 radical (unpaired) electrons. The first-order valence-electron chi connectivity index (χ1n) is 7.43. The third kappa shape index (κ3) is 4.93. The minimum Gasteiger partial charge on any atom is -0.353 e. The van der Waals surface area contributed by atoms with Gasteiger partial charge in [0.2, 0.25) is 5.91 Å². The molecule has 0 saturated heterocycles. The number of hydrogen-bond acceptors (Lipinski definition) is 4. The van der Waals surface area contributed by atoms with Gasteiger partial charge in [-0.2, -0.15) is 13.2 Å². The molecule has 2 aromatic rings. The van der Waals surface area contributed by atoms with Crippen LogP contribution in [0.1, 0.15) is 16.5 Å². The first-order valence-corrected chi connectivity index (χ1v) is 8.31. The van der Waals surface area contributed by atoms with Gasteiger partial charge >= 0.3 is 6.18 Å². The van der Waals surface area contributed by atoms with Crippen LogP contribution in [-0.4, -0.2) is 36.0 Å². The second-order valence-corrected chi connectivity index (χ2v) is 6.63. The molecule has 136 valence electrons. The summed E-state index contributed by atoms with van der Waals surface area (Å²) >= 11 is 1.55. The monoisotopic (exact) mass is 373 g/mol. The van der Waals surface area contributed by atoms with Crippen molar-refractivity contribution in [3.63, 3.8) is 0 Å². The fourth-order valence-electron chi connectivity index (χ4n) is 2.32. The number of likely N-dealkylation sites (N-methyl/N-ethyl adjacent to an activating group) is 1. The van der Waals surface area contributed by atoms with Crippen LogP contribution in [0, 0.1) is 0 Å². The zero-order valence-corrected chi connectivity index (χ0v) is 14.5. The number of pyridine rings is 1. The van der Waals surface area contributed by atoms with Crippen LogP contribution in [0.4, 0.5) is 13.2 Å². The van der Waals surface area contributed by atoms with Crippen molar-refractivity contribution in [1.29, 1.82) is 0 Å². The zero-order valence-electron chi connectivity index (χ0n) is 13.7. The average molecular weight is 373 g/mol. The van der Waals surface area contributed by atoms with Crippen LogP contribution in [-0.2, 0) is 17.5 Å². The number of halogens is 3. The van der Waals surface area contributed by atoms with Gasteiger partial charge in [-0.1, -0.05) is 6.07 Å².